The molecule has 4 saturated heterocycles. The summed E-state index contributed by atoms with van der Waals surface area (Å²) in [6, 6.07) is 11.3. The first kappa shape index (κ1) is 33.7. The zero-order valence-corrected chi connectivity index (χ0v) is 28.3. The van der Waals surface area contributed by atoms with Crippen LogP contribution >= 0.6 is 0 Å². The molecular formula is C37H46N6O7. The molecule has 0 radical (unpaired) electrons. The summed E-state index contributed by atoms with van der Waals surface area (Å²) in [6.45, 7) is 2.01. The van der Waals surface area contributed by atoms with Gasteiger partial charge >= 0.3 is 0 Å². The summed E-state index contributed by atoms with van der Waals surface area (Å²) in [6.07, 6.45) is 1.19. The summed E-state index contributed by atoms with van der Waals surface area (Å²) in [5.41, 5.74) is 1.48. The molecule has 4 aliphatic heterocycles. The fraction of sp³-hybridized carbons (Fsp3) is 0.514. The van der Waals surface area contributed by atoms with Gasteiger partial charge in [0.2, 0.25) is 35.4 Å². The molecule has 6 amide bonds. The molecular weight excluding hydrogens is 640 g/mol. The fourth-order valence-corrected chi connectivity index (χ4v) is 7.69. The van der Waals surface area contributed by atoms with Gasteiger partial charge in [-0.1, -0.05) is 60.7 Å². The van der Waals surface area contributed by atoms with E-state index >= 15 is 0 Å². The number of benzene rings is 2. The quantitative estimate of drug-likeness (QED) is 0.351. The molecule has 0 spiro atoms. The Morgan fingerprint density at radius 2 is 1.08 bits per heavy atom. The van der Waals surface area contributed by atoms with E-state index in [1.807, 2.05) is 30.3 Å². The number of amides is 6. The third-order valence-electron chi connectivity index (χ3n) is 10.3. The van der Waals surface area contributed by atoms with Gasteiger partial charge in [0.25, 0.3) is 0 Å². The van der Waals surface area contributed by atoms with Crippen molar-refractivity contribution in [2.45, 2.75) is 101 Å². The van der Waals surface area contributed by atoms with Crippen LogP contribution in [0, 0.1) is 0 Å². The van der Waals surface area contributed by atoms with Gasteiger partial charge in [-0.05, 0) is 56.6 Å². The van der Waals surface area contributed by atoms with Gasteiger partial charge in [-0.2, -0.15) is 0 Å². The smallest absolute Gasteiger partial charge is 0.248 e. The molecule has 0 bridgehead atoms. The molecule has 4 N–H and O–H groups in total. The molecule has 2 aromatic carbocycles. The first-order chi connectivity index (χ1) is 24.5. The van der Waals surface area contributed by atoms with E-state index in [0.29, 0.717) is 49.4 Å². The van der Waals surface area contributed by atoms with Crippen LogP contribution in [-0.4, -0.2) is 117 Å². The van der Waals surface area contributed by atoms with Crippen molar-refractivity contribution in [3.8, 4) is 0 Å². The average molecular weight is 688 g/mol. The Bertz CT molecular complexity index is 1630. The van der Waals surface area contributed by atoms with Crippen LogP contribution in [-0.2, 0) is 41.6 Å². The standard InChI is InChI=1S/C37H46N6O7/c1-23(44)31-37(50)43-20-10-17-30(43)36(49)42-19-9-16-29(42)34(47)39-27(22-25-13-6-3-7-14-25)35(48)41-18-8-15-28(41)33(46)38-26(32(45)40-31)21-24-11-4-2-5-12-24/h2-7,11-14,23,26-31,44H,8-10,15-22H2,1H3,(H,38,46)(H,39,47)(H,40,45)/t23-,26-,27-,28+,29+,30+,31+/m1/s1/i/hD. The highest BCUT2D eigenvalue weighted by molar-refractivity contribution is 5.99. The van der Waals surface area contributed by atoms with E-state index < -0.39 is 77.8 Å². The number of nitrogens with one attached hydrogen (secondary N) is 3. The number of carbonyl (C=O) groups excluding carboxylic acids is 6. The highest BCUT2D eigenvalue weighted by Crippen LogP contribution is 2.27. The minimum absolute atomic E-state index is 0.0178. The fourth-order valence-electron chi connectivity index (χ4n) is 7.69. The largest absolute Gasteiger partial charge is 0.391 e. The van der Waals surface area contributed by atoms with Gasteiger partial charge in [0.1, 0.15) is 36.3 Å². The molecule has 13 heteroatoms. The van der Waals surface area contributed by atoms with Crippen LogP contribution in [0.3, 0.4) is 0 Å². The molecule has 50 heavy (non-hydrogen) atoms. The molecule has 2 aromatic rings. The van der Waals surface area contributed by atoms with Gasteiger partial charge in [0.05, 0.1) is 6.10 Å². The van der Waals surface area contributed by atoms with Gasteiger partial charge in [-0.25, -0.2) is 0 Å². The monoisotopic (exact) mass is 687 g/mol. The number of aliphatic hydroxyl groups is 1. The molecule has 4 fully saturated rings. The lowest BCUT2D eigenvalue weighted by Crippen LogP contribution is -2.62. The van der Waals surface area contributed by atoms with Crippen molar-refractivity contribution in [3.05, 3.63) is 71.8 Å². The Hall–Kier alpha value is -4.78. The van der Waals surface area contributed by atoms with E-state index in [4.69, 9.17) is 1.41 Å². The number of nitrogens with zero attached hydrogens (tertiary/aromatic N) is 3. The molecule has 4 heterocycles. The van der Waals surface area contributed by atoms with E-state index in [1.54, 1.807) is 30.3 Å². The lowest BCUT2D eigenvalue weighted by molar-refractivity contribution is -0.150. The maximum Gasteiger partial charge on any atom is 0.248 e. The summed E-state index contributed by atoms with van der Waals surface area (Å²) in [5.74, 6) is -3.63. The van der Waals surface area contributed by atoms with Crippen molar-refractivity contribution in [1.29, 1.82) is 0 Å². The first-order valence-corrected chi connectivity index (χ1v) is 17.6. The van der Waals surface area contributed by atoms with Crippen LogP contribution in [0.25, 0.3) is 0 Å². The normalized spacial score (nSPS) is 29.4. The van der Waals surface area contributed by atoms with Gasteiger partial charge in [0, 0.05) is 32.5 Å². The van der Waals surface area contributed by atoms with Crippen molar-refractivity contribution in [2.75, 3.05) is 19.6 Å². The Kier molecular flexibility index (Phi) is 10.4. The second-order valence-corrected chi connectivity index (χ2v) is 13.7. The Morgan fingerprint density at radius 3 is 1.60 bits per heavy atom. The molecule has 4 aliphatic rings. The van der Waals surface area contributed by atoms with Crippen molar-refractivity contribution >= 4 is 35.4 Å². The summed E-state index contributed by atoms with van der Waals surface area (Å²) in [5, 5.41) is 17.0. The number of rotatable bonds is 5. The molecule has 266 valence electrons. The van der Waals surface area contributed by atoms with E-state index in [1.165, 1.54) is 21.6 Å². The summed E-state index contributed by atoms with van der Waals surface area (Å²) < 4.78 is 8.90. The van der Waals surface area contributed by atoms with E-state index in [-0.39, 0.29) is 32.5 Å². The molecule has 13 nitrogen and oxygen atoms in total. The minimum Gasteiger partial charge on any atom is -0.391 e. The predicted octanol–water partition coefficient (Wildman–Crippen LogP) is 0.294. The summed E-state index contributed by atoms with van der Waals surface area (Å²) in [7, 11) is 0. The number of hydrogen-bond donors (Lipinski definition) is 4. The second-order valence-electron chi connectivity index (χ2n) is 13.7. The highest BCUT2D eigenvalue weighted by atomic mass is 16.3. The number of fused-ring (bicyclic) bond motifs is 3. The zero-order chi connectivity index (χ0) is 36.2. The number of carbonyl (C=O) groups is 6. The van der Waals surface area contributed by atoms with Gasteiger partial charge < -0.3 is 35.7 Å². The average Bonchev–Trinajstić information content (AvgIpc) is 3.92. The first-order valence-electron chi connectivity index (χ1n) is 18.1. The number of aliphatic hydroxyl groups excluding tert-OH is 1. The molecule has 0 aliphatic carbocycles. The molecule has 0 aromatic heterocycles. The minimum atomic E-state index is -1.67. The molecule has 7 atom stereocenters. The van der Waals surface area contributed by atoms with Gasteiger partial charge in [-0.15, -0.1) is 0 Å². The van der Waals surface area contributed by atoms with Crippen molar-refractivity contribution in [2.24, 2.45) is 0 Å². The van der Waals surface area contributed by atoms with Crippen LogP contribution in [0.1, 0.15) is 56.6 Å². The van der Waals surface area contributed by atoms with Crippen LogP contribution in [0.5, 0.6) is 0 Å². The third-order valence-corrected chi connectivity index (χ3v) is 10.3. The van der Waals surface area contributed by atoms with Crippen molar-refractivity contribution < 1.29 is 35.3 Å². The number of hydrogen-bond acceptors (Lipinski definition) is 7. The maximum atomic E-state index is 14.3. The topological polar surface area (TPSA) is 168 Å². The van der Waals surface area contributed by atoms with E-state index in [9.17, 15) is 33.9 Å². The van der Waals surface area contributed by atoms with Crippen LogP contribution in [0.4, 0.5) is 0 Å². The Labute approximate surface area is 293 Å². The van der Waals surface area contributed by atoms with Crippen LogP contribution in [0.15, 0.2) is 60.7 Å². The maximum absolute atomic E-state index is 14.3. The van der Waals surface area contributed by atoms with E-state index in [0.717, 1.165) is 5.56 Å². The summed E-state index contributed by atoms with van der Waals surface area (Å²) >= 11 is 0. The second kappa shape index (κ2) is 15.4. The molecule has 0 unspecified atom stereocenters. The van der Waals surface area contributed by atoms with Gasteiger partial charge in [0.15, 0.2) is 1.41 Å². The van der Waals surface area contributed by atoms with Gasteiger partial charge in [-0.3, -0.25) is 28.8 Å². The zero-order valence-electron chi connectivity index (χ0n) is 29.3. The van der Waals surface area contributed by atoms with Crippen LogP contribution in [0.2, 0.25) is 1.41 Å². The highest BCUT2D eigenvalue weighted by Gasteiger charge is 2.46. The van der Waals surface area contributed by atoms with Crippen LogP contribution < -0.4 is 15.9 Å². The van der Waals surface area contributed by atoms with Crippen molar-refractivity contribution in [3.63, 3.8) is 0 Å². The van der Waals surface area contributed by atoms with Crippen molar-refractivity contribution in [1.82, 2.24) is 30.6 Å². The lowest BCUT2D eigenvalue weighted by Gasteiger charge is -2.35. The van der Waals surface area contributed by atoms with E-state index in [2.05, 4.69) is 10.6 Å². The lowest BCUT2D eigenvalue weighted by atomic mass is 10.0. The Balaban J connectivity index is 1.40. The molecule has 0 saturated carbocycles. The third kappa shape index (κ3) is 7.52. The predicted molar refractivity (Wildman–Crippen MR) is 182 cm³/mol. The molecule has 6 rings (SSSR count). The SMILES string of the molecule is [2H]N1C(=O)[C@@H](Cc2ccccc2)NC(=O)[C@@H]2CCCN2C(=O)[C@@H](Cc2ccccc2)NC(=O)[C@@H]2CCCN2C(=O)[C@@H]2CCCN2C(=O)[C@@H]1[C@@H](C)O. The summed E-state index contributed by atoms with van der Waals surface area (Å²) in [4.78, 5) is 89.0. The Morgan fingerprint density at radius 1 is 0.640 bits per heavy atom.